The number of anilines is 1. The zero-order chi connectivity index (χ0) is 20.9. The van der Waals surface area contributed by atoms with Gasteiger partial charge < -0.3 is 5.32 Å². The number of amides is 1. The quantitative estimate of drug-likeness (QED) is 0.406. The highest BCUT2D eigenvalue weighted by Gasteiger charge is 2.37. The lowest BCUT2D eigenvalue weighted by Crippen LogP contribution is -2.33. The van der Waals surface area contributed by atoms with Crippen molar-refractivity contribution in [3.8, 4) is 0 Å². The van der Waals surface area contributed by atoms with Crippen LogP contribution in [-0.4, -0.2) is 11.0 Å². The Bertz CT molecular complexity index is 859. The lowest BCUT2D eigenvalue weighted by molar-refractivity contribution is -0.143. The van der Waals surface area contributed by atoms with Crippen molar-refractivity contribution in [2.24, 2.45) is 0 Å². The molecular formula is C18H12F6N2OS. The normalized spacial score (nSPS) is 12.1. The van der Waals surface area contributed by atoms with Crippen LogP contribution in [-0.2, 0) is 17.1 Å². The standard InChI is InChI=1S/C18H12F6N2OS/c19-17(20,21)12-8-13(18(22,23)24)10-14(9-12)25-16(28)26-15(27)7-6-11-4-2-1-3-5-11/h1-10H,(H2,25,26,27,28). The van der Waals surface area contributed by atoms with Crippen LogP contribution in [0.25, 0.3) is 6.08 Å². The molecule has 3 nitrogen and oxygen atoms in total. The summed E-state index contributed by atoms with van der Waals surface area (Å²) in [5.74, 6) is -0.704. The van der Waals surface area contributed by atoms with E-state index in [1.165, 1.54) is 6.08 Å². The largest absolute Gasteiger partial charge is 0.416 e. The molecule has 1 amide bonds. The van der Waals surface area contributed by atoms with Crippen LogP contribution in [0.3, 0.4) is 0 Å². The van der Waals surface area contributed by atoms with Gasteiger partial charge in [0.2, 0.25) is 5.91 Å². The average molecular weight is 418 g/mol. The molecule has 148 valence electrons. The van der Waals surface area contributed by atoms with Gasteiger partial charge in [0.05, 0.1) is 11.1 Å². The van der Waals surface area contributed by atoms with Gasteiger partial charge in [-0.2, -0.15) is 26.3 Å². The van der Waals surface area contributed by atoms with Gasteiger partial charge in [0.15, 0.2) is 5.11 Å². The number of hydrogen-bond donors (Lipinski definition) is 2. The zero-order valence-corrected chi connectivity index (χ0v) is 14.7. The third kappa shape index (κ3) is 6.38. The van der Waals surface area contributed by atoms with Gasteiger partial charge >= 0.3 is 12.4 Å². The van der Waals surface area contributed by atoms with Crippen LogP contribution in [0.4, 0.5) is 32.0 Å². The molecule has 2 rings (SSSR count). The van der Waals surface area contributed by atoms with E-state index in [0.29, 0.717) is 17.7 Å². The second-order valence-corrected chi connectivity index (χ2v) is 5.89. The summed E-state index contributed by atoms with van der Waals surface area (Å²) in [5.41, 5.74) is -2.84. The van der Waals surface area contributed by atoms with Gasteiger partial charge in [-0.05, 0) is 42.1 Å². The number of rotatable bonds is 3. The Kier molecular flexibility index (Phi) is 6.45. The minimum Gasteiger partial charge on any atom is -0.332 e. The Morgan fingerprint density at radius 2 is 1.43 bits per heavy atom. The van der Waals surface area contributed by atoms with Crippen molar-refractivity contribution in [3.63, 3.8) is 0 Å². The zero-order valence-electron chi connectivity index (χ0n) is 13.9. The highest BCUT2D eigenvalue weighted by Crippen LogP contribution is 2.37. The maximum atomic E-state index is 12.8. The Morgan fingerprint density at radius 3 is 1.93 bits per heavy atom. The van der Waals surface area contributed by atoms with Gasteiger partial charge in [0, 0.05) is 11.8 Å². The van der Waals surface area contributed by atoms with Gasteiger partial charge in [-0.3, -0.25) is 10.1 Å². The summed E-state index contributed by atoms with van der Waals surface area (Å²) in [4.78, 5) is 11.8. The SMILES string of the molecule is O=C(C=Cc1ccccc1)NC(=S)Nc1cc(C(F)(F)F)cc(C(F)(F)F)c1. The minimum absolute atomic E-state index is 0.00456. The fourth-order valence-corrected chi connectivity index (χ4v) is 2.30. The van der Waals surface area contributed by atoms with E-state index in [9.17, 15) is 31.1 Å². The highest BCUT2D eigenvalue weighted by atomic mass is 32.1. The molecule has 10 heteroatoms. The third-order valence-electron chi connectivity index (χ3n) is 3.31. The summed E-state index contributed by atoms with van der Waals surface area (Å²) in [6.45, 7) is 0. The summed E-state index contributed by atoms with van der Waals surface area (Å²) in [7, 11) is 0. The number of nitrogens with one attached hydrogen (secondary N) is 2. The van der Waals surface area contributed by atoms with Crippen molar-refractivity contribution in [3.05, 3.63) is 71.3 Å². The molecule has 0 bridgehead atoms. The van der Waals surface area contributed by atoms with E-state index in [2.05, 4.69) is 10.6 Å². The topological polar surface area (TPSA) is 41.1 Å². The first-order valence-corrected chi connectivity index (χ1v) is 8.00. The molecule has 2 aromatic carbocycles. The molecule has 0 aromatic heterocycles. The second-order valence-electron chi connectivity index (χ2n) is 5.48. The lowest BCUT2D eigenvalue weighted by atomic mass is 10.1. The number of carbonyl (C=O) groups excluding carboxylic acids is 1. The van der Waals surface area contributed by atoms with E-state index < -0.39 is 40.2 Å². The Balaban J connectivity index is 2.12. The molecule has 0 unspecified atom stereocenters. The molecule has 0 saturated carbocycles. The molecule has 2 aromatic rings. The highest BCUT2D eigenvalue weighted by molar-refractivity contribution is 7.80. The van der Waals surface area contributed by atoms with Gasteiger partial charge in [0.25, 0.3) is 0 Å². The number of thiocarbonyl (C=S) groups is 1. The van der Waals surface area contributed by atoms with Crippen LogP contribution in [0.2, 0.25) is 0 Å². The van der Waals surface area contributed by atoms with Crippen LogP contribution in [0.5, 0.6) is 0 Å². The molecule has 0 aliphatic heterocycles. The van der Waals surface area contributed by atoms with Crippen molar-refractivity contribution in [2.45, 2.75) is 12.4 Å². The van der Waals surface area contributed by atoms with Crippen LogP contribution >= 0.6 is 12.2 Å². The van der Waals surface area contributed by atoms with Gasteiger partial charge in [-0.1, -0.05) is 30.3 Å². The number of halogens is 6. The number of alkyl halides is 6. The predicted octanol–water partition coefficient (Wildman–Crippen LogP) is 5.25. The van der Waals surface area contributed by atoms with Gasteiger partial charge in [-0.25, -0.2) is 0 Å². The molecule has 0 saturated heterocycles. The summed E-state index contributed by atoms with van der Waals surface area (Å²) < 4.78 is 77.0. The smallest absolute Gasteiger partial charge is 0.332 e. The monoisotopic (exact) mass is 418 g/mol. The number of benzene rings is 2. The average Bonchev–Trinajstić information content (AvgIpc) is 2.59. The first kappa shape index (κ1) is 21.4. The molecule has 0 aliphatic carbocycles. The first-order chi connectivity index (χ1) is 12.9. The summed E-state index contributed by atoms with van der Waals surface area (Å²) in [6.07, 6.45) is -7.39. The van der Waals surface area contributed by atoms with E-state index in [4.69, 9.17) is 12.2 Å². The molecular weight excluding hydrogens is 406 g/mol. The summed E-state index contributed by atoms with van der Waals surface area (Å²) in [5, 5.41) is 3.86. The van der Waals surface area contributed by atoms with Crippen molar-refractivity contribution < 1.29 is 31.1 Å². The van der Waals surface area contributed by atoms with E-state index >= 15 is 0 Å². The fraction of sp³-hybridized carbons (Fsp3) is 0.111. The van der Waals surface area contributed by atoms with Crippen LogP contribution in [0.1, 0.15) is 16.7 Å². The van der Waals surface area contributed by atoms with E-state index in [1.807, 2.05) is 0 Å². The molecule has 0 spiro atoms. The molecule has 28 heavy (non-hydrogen) atoms. The van der Waals surface area contributed by atoms with E-state index in [1.54, 1.807) is 30.3 Å². The number of carbonyl (C=O) groups is 1. The van der Waals surface area contributed by atoms with Crippen molar-refractivity contribution in [2.75, 3.05) is 5.32 Å². The molecule has 2 N–H and O–H groups in total. The molecule has 0 heterocycles. The second kappa shape index (κ2) is 8.42. The third-order valence-corrected chi connectivity index (χ3v) is 3.51. The Labute approximate surface area is 161 Å². The summed E-state index contributed by atoms with van der Waals surface area (Å²) in [6, 6.07) is 9.64. The Hall–Kier alpha value is -2.88. The fourth-order valence-electron chi connectivity index (χ4n) is 2.08. The van der Waals surface area contributed by atoms with Crippen LogP contribution in [0, 0.1) is 0 Å². The van der Waals surface area contributed by atoms with Crippen molar-refractivity contribution in [1.29, 1.82) is 0 Å². The van der Waals surface area contributed by atoms with Crippen LogP contribution in [0.15, 0.2) is 54.6 Å². The minimum atomic E-state index is -4.99. The molecule has 0 fully saturated rings. The molecule has 0 atom stereocenters. The molecule has 0 aliphatic rings. The van der Waals surface area contributed by atoms with Gasteiger partial charge in [0.1, 0.15) is 0 Å². The maximum absolute atomic E-state index is 12.8. The molecule has 0 radical (unpaired) electrons. The first-order valence-electron chi connectivity index (χ1n) is 7.60. The number of hydrogen-bond acceptors (Lipinski definition) is 2. The van der Waals surface area contributed by atoms with Crippen molar-refractivity contribution in [1.82, 2.24) is 5.32 Å². The van der Waals surface area contributed by atoms with E-state index in [-0.39, 0.29) is 6.07 Å². The maximum Gasteiger partial charge on any atom is 0.416 e. The Morgan fingerprint density at radius 1 is 0.893 bits per heavy atom. The van der Waals surface area contributed by atoms with E-state index in [0.717, 1.165) is 6.08 Å². The van der Waals surface area contributed by atoms with Crippen molar-refractivity contribution >= 4 is 35.0 Å². The van der Waals surface area contributed by atoms with Gasteiger partial charge in [-0.15, -0.1) is 0 Å². The lowest BCUT2D eigenvalue weighted by Gasteiger charge is -2.15. The van der Waals surface area contributed by atoms with Crippen LogP contribution < -0.4 is 10.6 Å². The summed E-state index contributed by atoms with van der Waals surface area (Å²) >= 11 is 4.78. The predicted molar refractivity (Wildman–Crippen MR) is 96.3 cm³/mol.